The van der Waals surface area contributed by atoms with Crippen LogP contribution in [-0.4, -0.2) is 0 Å². The second kappa shape index (κ2) is 6.70. The number of benzene rings is 4. The lowest BCUT2D eigenvalue weighted by atomic mass is 9.84. The van der Waals surface area contributed by atoms with Gasteiger partial charge >= 0.3 is 0 Å². The lowest BCUT2D eigenvalue weighted by Gasteiger charge is -2.19. The Morgan fingerprint density at radius 1 is 0.778 bits per heavy atom. The quantitative estimate of drug-likeness (QED) is 0.328. The van der Waals surface area contributed by atoms with Crippen LogP contribution in [0.1, 0.15) is 42.0 Å². The van der Waals surface area contributed by atoms with Crippen LogP contribution in [0.5, 0.6) is 0 Å². The van der Waals surface area contributed by atoms with Gasteiger partial charge in [0.25, 0.3) is 0 Å². The third-order valence-corrected chi connectivity index (χ3v) is 5.60. The van der Waals surface area contributed by atoms with Gasteiger partial charge in [0.05, 0.1) is 0 Å². The Bertz CT molecular complexity index is 1160. The monoisotopic (exact) mass is 350 g/mol. The second-order valence-corrected chi connectivity index (χ2v) is 7.81. The van der Waals surface area contributed by atoms with Crippen molar-refractivity contribution in [3.05, 3.63) is 89.5 Å². The molecule has 0 aliphatic carbocycles. The van der Waals surface area contributed by atoms with Crippen molar-refractivity contribution < 1.29 is 0 Å². The largest absolute Gasteiger partial charge is 0.0984 e. The van der Waals surface area contributed by atoms with Gasteiger partial charge in [-0.25, -0.2) is 0 Å². The average molecular weight is 351 g/mol. The number of hydrogen-bond acceptors (Lipinski definition) is 0. The number of fused-ring (bicyclic) bond motifs is 3. The molecule has 0 atom stereocenters. The van der Waals surface area contributed by atoms with Gasteiger partial charge in [-0.3, -0.25) is 0 Å². The Morgan fingerprint density at radius 2 is 1.44 bits per heavy atom. The molecule has 4 rings (SSSR count). The summed E-state index contributed by atoms with van der Waals surface area (Å²) in [7, 11) is 0. The van der Waals surface area contributed by atoms with Gasteiger partial charge in [0.15, 0.2) is 0 Å². The van der Waals surface area contributed by atoms with Gasteiger partial charge < -0.3 is 0 Å². The fraction of sp³-hybridized carbons (Fsp3) is 0.185. The van der Waals surface area contributed by atoms with Crippen LogP contribution in [0.2, 0.25) is 0 Å². The van der Waals surface area contributed by atoms with E-state index in [1.807, 2.05) is 6.08 Å². The highest BCUT2D eigenvalue weighted by atomic mass is 14.2. The third kappa shape index (κ3) is 2.86. The predicted octanol–water partition coefficient (Wildman–Crippen LogP) is 8.04. The van der Waals surface area contributed by atoms with Crippen LogP contribution in [-0.2, 0) is 0 Å². The van der Waals surface area contributed by atoms with Gasteiger partial charge in [-0.1, -0.05) is 86.7 Å². The minimum absolute atomic E-state index is 0.469. The normalized spacial score (nSPS) is 11.4. The van der Waals surface area contributed by atoms with E-state index in [-0.39, 0.29) is 0 Å². The van der Waals surface area contributed by atoms with Crippen LogP contribution in [0.3, 0.4) is 0 Å². The lowest BCUT2D eigenvalue weighted by Crippen LogP contribution is -1.98. The van der Waals surface area contributed by atoms with Crippen LogP contribution < -0.4 is 0 Å². The van der Waals surface area contributed by atoms with E-state index in [4.69, 9.17) is 0 Å². The predicted molar refractivity (Wildman–Crippen MR) is 121 cm³/mol. The average Bonchev–Trinajstić information content (AvgIpc) is 2.67. The van der Waals surface area contributed by atoms with Gasteiger partial charge in [-0.2, -0.15) is 0 Å². The maximum absolute atomic E-state index is 4.16. The van der Waals surface area contributed by atoms with Gasteiger partial charge in [0, 0.05) is 0 Å². The van der Waals surface area contributed by atoms with E-state index in [9.17, 15) is 0 Å². The van der Waals surface area contributed by atoms with E-state index in [2.05, 4.69) is 94.9 Å². The first-order valence-electron chi connectivity index (χ1n) is 9.69. The fourth-order valence-electron chi connectivity index (χ4n) is 4.39. The molecule has 27 heavy (non-hydrogen) atoms. The van der Waals surface area contributed by atoms with E-state index in [0.29, 0.717) is 5.92 Å². The van der Waals surface area contributed by atoms with Crippen molar-refractivity contribution in [2.45, 2.75) is 33.6 Å². The first-order chi connectivity index (χ1) is 13.0. The molecule has 4 aromatic carbocycles. The molecule has 0 fully saturated rings. The highest BCUT2D eigenvalue weighted by Gasteiger charge is 2.16. The van der Waals surface area contributed by atoms with Gasteiger partial charge in [0.2, 0.25) is 0 Å². The lowest BCUT2D eigenvalue weighted by molar-refractivity contribution is 0.856. The molecule has 0 nitrogen and oxygen atoms in total. The molecule has 0 aliphatic heterocycles. The van der Waals surface area contributed by atoms with Gasteiger partial charge in [0.1, 0.15) is 0 Å². The SMILES string of the molecule is C=Cc1c(C(C)C)c(C)cc2c1cc(-c1ccc(C)cc1)c1ccccc12. The molecule has 0 bridgehead atoms. The number of aryl methyl sites for hydroxylation is 2. The highest BCUT2D eigenvalue weighted by molar-refractivity contribution is 6.16. The zero-order valence-electron chi connectivity index (χ0n) is 16.6. The zero-order valence-corrected chi connectivity index (χ0v) is 16.6. The Labute approximate surface area is 162 Å². The van der Waals surface area contributed by atoms with Crippen LogP contribution in [0.15, 0.2) is 67.2 Å². The van der Waals surface area contributed by atoms with Crippen molar-refractivity contribution in [3.8, 4) is 11.1 Å². The summed E-state index contributed by atoms with van der Waals surface area (Å²) in [6.45, 7) is 13.1. The van der Waals surface area contributed by atoms with Crippen molar-refractivity contribution in [3.63, 3.8) is 0 Å². The molecular weight excluding hydrogens is 324 g/mol. The van der Waals surface area contributed by atoms with E-state index in [1.165, 1.54) is 54.9 Å². The Kier molecular flexibility index (Phi) is 4.36. The maximum atomic E-state index is 4.16. The summed E-state index contributed by atoms with van der Waals surface area (Å²) in [4.78, 5) is 0. The summed E-state index contributed by atoms with van der Waals surface area (Å²) >= 11 is 0. The van der Waals surface area contributed by atoms with Gasteiger partial charge in [-0.15, -0.1) is 0 Å². The Morgan fingerprint density at radius 3 is 2.07 bits per heavy atom. The standard InChI is InChI=1S/C27H26/c1-6-21-26-16-24(20-13-11-18(4)12-14-20)22-9-7-8-10-23(22)25(26)15-19(5)27(21)17(2)3/h6-17H,1H2,2-5H3. The molecule has 0 saturated carbocycles. The van der Waals surface area contributed by atoms with E-state index in [1.54, 1.807) is 0 Å². The van der Waals surface area contributed by atoms with Crippen molar-refractivity contribution in [1.82, 2.24) is 0 Å². The molecule has 0 unspecified atom stereocenters. The van der Waals surface area contributed by atoms with E-state index in [0.717, 1.165) is 0 Å². The minimum Gasteiger partial charge on any atom is -0.0984 e. The fourth-order valence-corrected chi connectivity index (χ4v) is 4.39. The summed E-state index contributed by atoms with van der Waals surface area (Å²) < 4.78 is 0. The summed E-state index contributed by atoms with van der Waals surface area (Å²) in [5, 5.41) is 5.24. The molecule has 0 radical (unpaired) electrons. The molecule has 0 spiro atoms. The molecule has 0 N–H and O–H groups in total. The first kappa shape index (κ1) is 17.5. The van der Waals surface area contributed by atoms with Gasteiger partial charge in [-0.05, 0) is 75.2 Å². The highest BCUT2D eigenvalue weighted by Crippen LogP contribution is 2.40. The molecule has 0 saturated heterocycles. The molecule has 4 aromatic rings. The zero-order chi connectivity index (χ0) is 19.1. The van der Waals surface area contributed by atoms with Crippen LogP contribution in [0, 0.1) is 13.8 Å². The number of rotatable bonds is 3. The second-order valence-electron chi connectivity index (χ2n) is 7.81. The van der Waals surface area contributed by atoms with E-state index < -0.39 is 0 Å². The smallest absolute Gasteiger partial charge is 0.00959 e. The topological polar surface area (TPSA) is 0 Å². The van der Waals surface area contributed by atoms with Crippen molar-refractivity contribution >= 4 is 27.6 Å². The maximum Gasteiger partial charge on any atom is -0.00959 e. The molecule has 0 aromatic heterocycles. The molecule has 0 heterocycles. The van der Waals surface area contributed by atoms with Crippen LogP contribution >= 0.6 is 0 Å². The van der Waals surface area contributed by atoms with Crippen molar-refractivity contribution in [1.29, 1.82) is 0 Å². The van der Waals surface area contributed by atoms with Crippen LogP contribution in [0.25, 0.3) is 38.7 Å². The van der Waals surface area contributed by atoms with E-state index >= 15 is 0 Å². The van der Waals surface area contributed by atoms with Crippen molar-refractivity contribution in [2.24, 2.45) is 0 Å². The third-order valence-electron chi connectivity index (χ3n) is 5.60. The summed E-state index contributed by atoms with van der Waals surface area (Å²) in [6, 6.07) is 22.3. The first-order valence-corrected chi connectivity index (χ1v) is 9.69. The van der Waals surface area contributed by atoms with Crippen molar-refractivity contribution in [2.75, 3.05) is 0 Å². The molecule has 0 aliphatic rings. The summed E-state index contributed by atoms with van der Waals surface area (Å²) in [6.07, 6.45) is 2.04. The van der Waals surface area contributed by atoms with Crippen LogP contribution in [0.4, 0.5) is 0 Å². The molecular formula is C27H26. The Balaban J connectivity index is 2.20. The minimum atomic E-state index is 0.469. The molecule has 134 valence electrons. The molecule has 0 amide bonds. The Hall–Kier alpha value is -2.86. The summed E-state index contributed by atoms with van der Waals surface area (Å²) in [5.74, 6) is 0.469. The number of hydrogen-bond donors (Lipinski definition) is 0. The summed E-state index contributed by atoms with van der Waals surface area (Å²) in [5.41, 5.74) is 7.87. The molecule has 0 heteroatoms.